The first kappa shape index (κ1) is 15.6. The summed E-state index contributed by atoms with van der Waals surface area (Å²) in [5.41, 5.74) is -0.0261. The Morgan fingerprint density at radius 3 is 1.76 bits per heavy atom. The van der Waals surface area contributed by atoms with Crippen LogP contribution in [0.15, 0.2) is 53.4 Å². The lowest BCUT2D eigenvalue weighted by Gasteiger charge is -2.19. The quantitative estimate of drug-likeness (QED) is 0.916. The molecule has 0 unspecified atom stereocenters. The van der Waals surface area contributed by atoms with E-state index in [-0.39, 0.29) is 14.9 Å². The van der Waals surface area contributed by atoms with Crippen molar-refractivity contribution in [1.29, 1.82) is 0 Å². The summed E-state index contributed by atoms with van der Waals surface area (Å²) in [6.07, 6.45) is -1.62. The second kappa shape index (κ2) is 5.93. The monoisotopic (exact) mass is 345 g/mol. The maximum atomic E-state index is 12.4. The van der Waals surface area contributed by atoms with Crippen LogP contribution in [0.25, 0.3) is 0 Å². The fourth-order valence-corrected chi connectivity index (χ4v) is 3.19. The van der Waals surface area contributed by atoms with Gasteiger partial charge in [-0.05, 0) is 48.5 Å². The van der Waals surface area contributed by atoms with Crippen LogP contribution in [0.5, 0.6) is 0 Å². The van der Waals surface area contributed by atoms with Crippen molar-refractivity contribution in [2.75, 3.05) is 4.31 Å². The fourth-order valence-electron chi connectivity index (χ4n) is 1.64. The standard InChI is InChI=1S/C13H9Cl2NO4S/c14-9-1-5-11(6-2-9)16(13(17)18)21(19,20)12-7-3-10(15)4-8-12/h1-8H,(H,17,18). The highest BCUT2D eigenvalue weighted by atomic mass is 35.5. The predicted octanol–water partition coefficient (Wildman–Crippen LogP) is 3.87. The summed E-state index contributed by atoms with van der Waals surface area (Å²) in [6.45, 7) is 0. The molecular weight excluding hydrogens is 337 g/mol. The molecule has 110 valence electrons. The summed E-state index contributed by atoms with van der Waals surface area (Å²) in [5.74, 6) is 0. The van der Waals surface area contributed by atoms with Crippen molar-refractivity contribution < 1.29 is 18.3 Å². The molecule has 0 bridgehead atoms. The van der Waals surface area contributed by atoms with E-state index in [4.69, 9.17) is 23.2 Å². The number of benzene rings is 2. The minimum atomic E-state index is -4.25. The average Bonchev–Trinajstić information content (AvgIpc) is 2.41. The van der Waals surface area contributed by atoms with Gasteiger partial charge in [0.1, 0.15) is 0 Å². The molecule has 21 heavy (non-hydrogen) atoms. The van der Waals surface area contributed by atoms with Crippen molar-refractivity contribution in [3.05, 3.63) is 58.6 Å². The number of anilines is 1. The van der Waals surface area contributed by atoms with Gasteiger partial charge < -0.3 is 5.11 Å². The van der Waals surface area contributed by atoms with Crippen LogP contribution in [0, 0.1) is 0 Å². The Kier molecular flexibility index (Phi) is 4.41. The molecule has 2 rings (SSSR count). The lowest BCUT2D eigenvalue weighted by atomic mass is 10.3. The lowest BCUT2D eigenvalue weighted by molar-refractivity contribution is 0.206. The van der Waals surface area contributed by atoms with Gasteiger partial charge in [0, 0.05) is 10.0 Å². The summed E-state index contributed by atoms with van der Waals surface area (Å²) >= 11 is 11.4. The van der Waals surface area contributed by atoms with Gasteiger partial charge in [-0.2, -0.15) is 4.31 Å². The first-order chi connectivity index (χ1) is 9.82. The number of sulfonamides is 1. The molecule has 1 amide bonds. The Hall–Kier alpha value is -1.76. The highest BCUT2D eigenvalue weighted by Crippen LogP contribution is 2.26. The van der Waals surface area contributed by atoms with Crippen LogP contribution in [0.3, 0.4) is 0 Å². The van der Waals surface area contributed by atoms with E-state index in [1.807, 2.05) is 0 Å². The molecule has 0 atom stereocenters. The Labute approximate surface area is 131 Å². The second-order valence-corrected chi connectivity index (χ2v) is 6.64. The SMILES string of the molecule is O=C(O)N(c1ccc(Cl)cc1)S(=O)(=O)c1ccc(Cl)cc1. The van der Waals surface area contributed by atoms with E-state index in [2.05, 4.69) is 0 Å². The Morgan fingerprint density at radius 1 is 0.905 bits per heavy atom. The largest absolute Gasteiger partial charge is 0.464 e. The van der Waals surface area contributed by atoms with Gasteiger partial charge in [0.2, 0.25) is 0 Å². The highest BCUT2D eigenvalue weighted by Gasteiger charge is 2.30. The molecule has 2 aromatic rings. The smallest absolute Gasteiger partial charge is 0.426 e. The van der Waals surface area contributed by atoms with Crippen molar-refractivity contribution in [2.45, 2.75) is 4.90 Å². The van der Waals surface area contributed by atoms with Gasteiger partial charge in [-0.1, -0.05) is 23.2 Å². The molecule has 0 spiro atoms. The fraction of sp³-hybridized carbons (Fsp3) is 0. The van der Waals surface area contributed by atoms with Gasteiger partial charge in [-0.3, -0.25) is 0 Å². The molecule has 1 N–H and O–H groups in total. The number of nitrogens with zero attached hydrogens (tertiary/aromatic N) is 1. The molecule has 0 aliphatic heterocycles. The van der Waals surface area contributed by atoms with Crippen LogP contribution >= 0.6 is 23.2 Å². The highest BCUT2D eigenvalue weighted by molar-refractivity contribution is 7.93. The molecule has 0 radical (unpaired) electrons. The maximum absolute atomic E-state index is 12.4. The van der Waals surface area contributed by atoms with Crippen molar-refractivity contribution in [3.63, 3.8) is 0 Å². The zero-order chi connectivity index (χ0) is 15.6. The number of hydrogen-bond donors (Lipinski definition) is 1. The molecule has 0 aliphatic carbocycles. The third-order valence-electron chi connectivity index (χ3n) is 2.59. The number of rotatable bonds is 3. The third kappa shape index (κ3) is 3.29. The number of amides is 1. The topological polar surface area (TPSA) is 74.7 Å². The zero-order valence-electron chi connectivity index (χ0n) is 10.4. The van der Waals surface area contributed by atoms with Gasteiger partial charge in [-0.25, -0.2) is 13.2 Å². The molecule has 0 saturated heterocycles. The van der Waals surface area contributed by atoms with E-state index < -0.39 is 16.1 Å². The van der Waals surface area contributed by atoms with Gasteiger partial charge >= 0.3 is 6.09 Å². The van der Waals surface area contributed by atoms with Gasteiger partial charge in [0.05, 0.1) is 10.6 Å². The van der Waals surface area contributed by atoms with E-state index in [1.54, 1.807) is 0 Å². The van der Waals surface area contributed by atoms with Crippen LogP contribution in [0.4, 0.5) is 10.5 Å². The van der Waals surface area contributed by atoms with Gasteiger partial charge in [-0.15, -0.1) is 0 Å². The number of carbonyl (C=O) groups is 1. The van der Waals surface area contributed by atoms with E-state index in [1.165, 1.54) is 48.5 Å². The summed E-state index contributed by atoms with van der Waals surface area (Å²) in [5, 5.41) is 9.95. The first-order valence-corrected chi connectivity index (χ1v) is 7.81. The van der Waals surface area contributed by atoms with Gasteiger partial charge in [0.15, 0.2) is 0 Å². The predicted molar refractivity (Wildman–Crippen MR) is 80.6 cm³/mol. The summed E-state index contributed by atoms with van der Waals surface area (Å²) in [7, 11) is -4.25. The molecule has 2 aromatic carbocycles. The van der Waals surface area contributed by atoms with E-state index >= 15 is 0 Å². The first-order valence-electron chi connectivity index (χ1n) is 5.62. The van der Waals surface area contributed by atoms with E-state index in [0.717, 1.165) is 0 Å². The van der Waals surface area contributed by atoms with Gasteiger partial charge in [0.25, 0.3) is 10.0 Å². The normalized spacial score (nSPS) is 11.1. The van der Waals surface area contributed by atoms with Crippen molar-refractivity contribution >= 4 is 45.0 Å². The Balaban J connectivity index is 2.54. The molecule has 0 fully saturated rings. The zero-order valence-corrected chi connectivity index (χ0v) is 12.7. The molecule has 0 heterocycles. The van der Waals surface area contributed by atoms with Crippen molar-refractivity contribution in [3.8, 4) is 0 Å². The molecular formula is C13H9Cl2NO4S. The second-order valence-electron chi connectivity index (χ2n) is 3.98. The average molecular weight is 346 g/mol. The van der Waals surface area contributed by atoms with Crippen LogP contribution < -0.4 is 4.31 Å². The van der Waals surface area contributed by atoms with Crippen LogP contribution in [-0.2, 0) is 10.0 Å². The minimum absolute atomic E-state index is 0.0261. The molecule has 0 saturated carbocycles. The van der Waals surface area contributed by atoms with E-state index in [9.17, 15) is 18.3 Å². The van der Waals surface area contributed by atoms with Crippen LogP contribution in [0.1, 0.15) is 0 Å². The molecule has 5 nitrogen and oxygen atoms in total. The lowest BCUT2D eigenvalue weighted by Crippen LogP contribution is -2.35. The van der Waals surface area contributed by atoms with Crippen LogP contribution in [0.2, 0.25) is 10.0 Å². The maximum Gasteiger partial charge on any atom is 0.426 e. The minimum Gasteiger partial charge on any atom is -0.464 e. The third-order valence-corrected chi connectivity index (χ3v) is 4.81. The Morgan fingerprint density at radius 2 is 1.33 bits per heavy atom. The van der Waals surface area contributed by atoms with E-state index in [0.29, 0.717) is 10.0 Å². The summed E-state index contributed by atoms with van der Waals surface area (Å²) in [4.78, 5) is 11.2. The number of hydrogen-bond acceptors (Lipinski definition) is 3. The molecule has 0 aliphatic rings. The number of carboxylic acid groups (broad SMARTS) is 1. The molecule has 8 heteroatoms. The number of halogens is 2. The Bertz CT molecular complexity index is 758. The molecule has 0 aromatic heterocycles. The van der Waals surface area contributed by atoms with Crippen LogP contribution in [-0.4, -0.2) is 19.6 Å². The van der Waals surface area contributed by atoms with Crippen molar-refractivity contribution in [2.24, 2.45) is 0 Å². The summed E-state index contributed by atoms with van der Waals surface area (Å²) in [6, 6.07) is 10.7. The summed E-state index contributed by atoms with van der Waals surface area (Å²) < 4.78 is 25.2. The van der Waals surface area contributed by atoms with Crippen molar-refractivity contribution in [1.82, 2.24) is 0 Å².